The zero-order chi connectivity index (χ0) is 16.8. The van der Waals surface area contributed by atoms with Gasteiger partial charge in [0.1, 0.15) is 5.76 Å². The van der Waals surface area contributed by atoms with Gasteiger partial charge >= 0.3 is 0 Å². The van der Waals surface area contributed by atoms with Gasteiger partial charge in [0.25, 0.3) is 5.91 Å². The lowest BCUT2D eigenvalue weighted by Gasteiger charge is -2.42. The van der Waals surface area contributed by atoms with E-state index in [2.05, 4.69) is 15.2 Å². The number of aryl methyl sites for hydroxylation is 1. The van der Waals surface area contributed by atoms with Crippen molar-refractivity contribution in [3.63, 3.8) is 0 Å². The first-order chi connectivity index (χ1) is 11.7. The van der Waals surface area contributed by atoms with Crippen LogP contribution < -0.4 is 5.32 Å². The molecular weight excluding hydrogens is 306 g/mol. The van der Waals surface area contributed by atoms with Crippen molar-refractivity contribution < 1.29 is 13.9 Å². The monoisotopic (exact) mass is 335 g/mol. The third-order valence-electron chi connectivity index (χ3n) is 5.38. The number of amides is 1. The first-order valence-corrected chi connectivity index (χ1v) is 9.23. The third-order valence-corrected chi connectivity index (χ3v) is 5.38. The van der Waals surface area contributed by atoms with Crippen molar-refractivity contribution in [3.8, 4) is 0 Å². The molecule has 0 aromatic carbocycles. The van der Waals surface area contributed by atoms with Crippen LogP contribution >= 0.6 is 0 Å². The normalized spacial score (nSPS) is 21.5. The van der Waals surface area contributed by atoms with Crippen LogP contribution in [0.4, 0.5) is 0 Å². The maximum absolute atomic E-state index is 12.5. The fourth-order valence-corrected chi connectivity index (χ4v) is 3.98. The van der Waals surface area contributed by atoms with Crippen LogP contribution in [0.2, 0.25) is 0 Å². The number of nitrogens with one attached hydrogen (secondary N) is 1. The zero-order valence-electron chi connectivity index (χ0n) is 14.7. The molecule has 0 radical (unpaired) electrons. The molecule has 1 aliphatic carbocycles. The van der Waals surface area contributed by atoms with Gasteiger partial charge in [-0.3, -0.25) is 9.69 Å². The average Bonchev–Trinajstić information content (AvgIpc) is 3.10. The average molecular weight is 335 g/mol. The van der Waals surface area contributed by atoms with Crippen molar-refractivity contribution >= 4 is 5.91 Å². The number of morpholine rings is 1. The van der Waals surface area contributed by atoms with Gasteiger partial charge in [0.05, 0.1) is 13.2 Å². The predicted octanol–water partition coefficient (Wildman–Crippen LogP) is 2.25. The summed E-state index contributed by atoms with van der Waals surface area (Å²) in [5.41, 5.74) is 0.622. The van der Waals surface area contributed by atoms with E-state index in [0.29, 0.717) is 17.9 Å². The van der Waals surface area contributed by atoms with E-state index in [1.165, 1.54) is 38.5 Å². The molecule has 1 aliphatic heterocycles. The standard InChI is InChI=1S/C18H29N3O3/c1-2-15-16(20-14-24-15)17(22)19-12-18(6-4-3-5-7-18)13-21-8-10-23-11-9-21/h14H,2-13H2,1H3,(H,19,22). The number of carbonyl (C=O) groups is 1. The molecule has 2 fully saturated rings. The van der Waals surface area contributed by atoms with E-state index in [9.17, 15) is 4.79 Å². The first kappa shape index (κ1) is 17.4. The van der Waals surface area contributed by atoms with Crippen molar-refractivity contribution in [3.05, 3.63) is 17.8 Å². The molecule has 0 bridgehead atoms. The maximum atomic E-state index is 12.5. The number of carbonyl (C=O) groups excluding carboxylic acids is 1. The highest BCUT2D eigenvalue weighted by Gasteiger charge is 2.35. The lowest BCUT2D eigenvalue weighted by Crippen LogP contribution is -2.49. The molecule has 1 aromatic heterocycles. The molecule has 24 heavy (non-hydrogen) atoms. The number of hydrogen-bond donors (Lipinski definition) is 1. The number of rotatable bonds is 6. The van der Waals surface area contributed by atoms with E-state index >= 15 is 0 Å². The van der Waals surface area contributed by atoms with Gasteiger partial charge in [0.15, 0.2) is 12.1 Å². The highest BCUT2D eigenvalue weighted by Crippen LogP contribution is 2.36. The number of ether oxygens (including phenoxy) is 1. The topological polar surface area (TPSA) is 67.6 Å². The SMILES string of the molecule is CCc1ocnc1C(=O)NCC1(CN2CCOCC2)CCCCC1. The fourth-order valence-electron chi connectivity index (χ4n) is 3.98. The molecule has 1 N–H and O–H groups in total. The Hall–Kier alpha value is -1.40. The fraction of sp³-hybridized carbons (Fsp3) is 0.778. The highest BCUT2D eigenvalue weighted by molar-refractivity contribution is 5.93. The van der Waals surface area contributed by atoms with Gasteiger partial charge in [-0.1, -0.05) is 26.2 Å². The largest absolute Gasteiger partial charge is 0.448 e. The van der Waals surface area contributed by atoms with E-state index in [4.69, 9.17) is 9.15 Å². The summed E-state index contributed by atoms with van der Waals surface area (Å²) in [5.74, 6) is 0.561. The second kappa shape index (κ2) is 8.12. The summed E-state index contributed by atoms with van der Waals surface area (Å²) < 4.78 is 10.7. The van der Waals surface area contributed by atoms with Crippen molar-refractivity contribution in [2.24, 2.45) is 5.41 Å². The summed E-state index contributed by atoms with van der Waals surface area (Å²) in [4.78, 5) is 19.1. The minimum Gasteiger partial charge on any atom is -0.448 e. The summed E-state index contributed by atoms with van der Waals surface area (Å²) in [6, 6.07) is 0. The highest BCUT2D eigenvalue weighted by atomic mass is 16.5. The van der Waals surface area contributed by atoms with Gasteiger partial charge in [-0.05, 0) is 12.8 Å². The second-order valence-electron chi connectivity index (χ2n) is 7.11. The van der Waals surface area contributed by atoms with Crippen molar-refractivity contribution in [1.82, 2.24) is 15.2 Å². The summed E-state index contributed by atoms with van der Waals surface area (Å²) in [7, 11) is 0. The van der Waals surface area contributed by atoms with Gasteiger partial charge in [-0.2, -0.15) is 0 Å². The Morgan fingerprint density at radius 3 is 2.75 bits per heavy atom. The van der Waals surface area contributed by atoms with Crippen LogP contribution in [0.25, 0.3) is 0 Å². The first-order valence-electron chi connectivity index (χ1n) is 9.23. The number of aromatic nitrogens is 1. The Morgan fingerprint density at radius 2 is 2.04 bits per heavy atom. The summed E-state index contributed by atoms with van der Waals surface area (Å²) in [6.07, 6.45) is 8.23. The third kappa shape index (κ3) is 4.16. The molecule has 1 aromatic rings. The van der Waals surface area contributed by atoms with Crippen LogP contribution in [-0.4, -0.2) is 55.2 Å². The quantitative estimate of drug-likeness (QED) is 0.863. The summed E-state index contributed by atoms with van der Waals surface area (Å²) >= 11 is 0. The second-order valence-corrected chi connectivity index (χ2v) is 7.11. The molecule has 1 saturated heterocycles. The van der Waals surface area contributed by atoms with Gasteiger partial charge in [-0.25, -0.2) is 4.98 Å². The van der Waals surface area contributed by atoms with Gasteiger partial charge in [0.2, 0.25) is 0 Å². The molecule has 2 aliphatic rings. The Labute approximate surface area is 143 Å². The molecule has 2 heterocycles. The summed E-state index contributed by atoms with van der Waals surface area (Å²) in [5, 5.41) is 3.14. The van der Waals surface area contributed by atoms with Crippen LogP contribution in [0.1, 0.15) is 55.3 Å². The lowest BCUT2D eigenvalue weighted by molar-refractivity contribution is 0.00726. The molecule has 134 valence electrons. The van der Waals surface area contributed by atoms with Gasteiger partial charge in [-0.15, -0.1) is 0 Å². The molecule has 0 unspecified atom stereocenters. The molecule has 1 amide bonds. The molecule has 1 saturated carbocycles. The predicted molar refractivity (Wildman–Crippen MR) is 91.0 cm³/mol. The van der Waals surface area contributed by atoms with Crippen molar-refractivity contribution in [2.75, 3.05) is 39.4 Å². The Morgan fingerprint density at radius 1 is 1.29 bits per heavy atom. The molecule has 0 atom stereocenters. The zero-order valence-corrected chi connectivity index (χ0v) is 14.7. The van der Waals surface area contributed by atoms with Crippen LogP contribution in [0.3, 0.4) is 0 Å². The van der Waals surface area contributed by atoms with E-state index < -0.39 is 0 Å². The van der Waals surface area contributed by atoms with E-state index in [0.717, 1.165) is 39.4 Å². The smallest absolute Gasteiger partial charge is 0.273 e. The Bertz CT molecular complexity index is 531. The number of oxazole rings is 1. The molecule has 6 heteroatoms. The Balaban J connectivity index is 1.62. The van der Waals surface area contributed by atoms with Crippen LogP contribution in [-0.2, 0) is 11.2 Å². The molecule has 0 spiro atoms. The number of hydrogen-bond acceptors (Lipinski definition) is 5. The van der Waals surface area contributed by atoms with Crippen LogP contribution in [0.15, 0.2) is 10.8 Å². The lowest BCUT2D eigenvalue weighted by atomic mass is 9.73. The van der Waals surface area contributed by atoms with Gasteiger partial charge < -0.3 is 14.5 Å². The molecule has 3 rings (SSSR count). The molecule has 6 nitrogen and oxygen atoms in total. The van der Waals surface area contributed by atoms with E-state index in [1.807, 2.05) is 6.92 Å². The minimum absolute atomic E-state index is 0.104. The molecular formula is C18H29N3O3. The van der Waals surface area contributed by atoms with Crippen molar-refractivity contribution in [1.29, 1.82) is 0 Å². The van der Waals surface area contributed by atoms with E-state index in [-0.39, 0.29) is 11.3 Å². The summed E-state index contributed by atoms with van der Waals surface area (Å²) in [6.45, 7) is 7.38. The minimum atomic E-state index is -0.104. The van der Waals surface area contributed by atoms with Gasteiger partial charge in [0, 0.05) is 38.0 Å². The van der Waals surface area contributed by atoms with E-state index in [1.54, 1.807) is 0 Å². The Kier molecular flexibility index (Phi) is 5.89. The van der Waals surface area contributed by atoms with Crippen LogP contribution in [0.5, 0.6) is 0 Å². The van der Waals surface area contributed by atoms with Crippen LogP contribution in [0, 0.1) is 5.41 Å². The maximum Gasteiger partial charge on any atom is 0.273 e. The number of nitrogens with zero attached hydrogens (tertiary/aromatic N) is 2. The van der Waals surface area contributed by atoms with Crippen molar-refractivity contribution in [2.45, 2.75) is 45.4 Å².